The van der Waals surface area contributed by atoms with E-state index in [-0.39, 0.29) is 0 Å². The van der Waals surface area contributed by atoms with Crippen molar-refractivity contribution in [2.75, 3.05) is 0 Å². The van der Waals surface area contributed by atoms with E-state index in [4.69, 9.17) is 4.42 Å². The molecule has 0 amide bonds. The average molecular weight is 284 g/mol. The Hall–Kier alpha value is -2.27. The van der Waals surface area contributed by atoms with Gasteiger partial charge in [0.15, 0.2) is 0 Å². The zero-order valence-corrected chi connectivity index (χ0v) is 11.4. The van der Waals surface area contributed by atoms with Crippen molar-refractivity contribution in [1.29, 1.82) is 0 Å². The van der Waals surface area contributed by atoms with Crippen molar-refractivity contribution in [1.82, 2.24) is 10.2 Å². The first-order valence-electron chi connectivity index (χ1n) is 6.12. The van der Waals surface area contributed by atoms with Gasteiger partial charge in [-0.2, -0.15) is 0 Å². The third kappa shape index (κ3) is 2.67. The van der Waals surface area contributed by atoms with Gasteiger partial charge in [0, 0.05) is 0 Å². The Bertz CT molecular complexity index is 712. The Kier molecular flexibility index (Phi) is 3.69. The molecule has 0 radical (unpaired) electrons. The normalized spacial score (nSPS) is 12.2. The van der Waals surface area contributed by atoms with Gasteiger partial charge >= 0.3 is 0 Å². The summed E-state index contributed by atoms with van der Waals surface area (Å²) in [5, 5.41) is 7.55. The molecule has 20 heavy (non-hydrogen) atoms. The summed E-state index contributed by atoms with van der Waals surface area (Å²) in [4.78, 5) is 0.709. The molecule has 0 aliphatic rings. The van der Waals surface area contributed by atoms with Crippen LogP contribution in [0.5, 0.6) is 0 Å². The van der Waals surface area contributed by atoms with Crippen molar-refractivity contribution in [3.8, 4) is 11.5 Å². The number of aromatic nitrogens is 2. The molecule has 3 rings (SSSR count). The largest absolute Gasteiger partial charge is 0.423 e. The fraction of sp³-hybridized carbons (Fsp3) is 0.0667. The van der Waals surface area contributed by atoms with Crippen LogP contribution in [0.15, 0.2) is 70.3 Å². The van der Waals surface area contributed by atoms with Crippen LogP contribution < -0.4 is 0 Å². The minimum atomic E-state index is -1.16. The van der Waals surface area contributed by atoms with E-state index in [2.05, 4.69) is 10.2 Å². The third-order valence-corrected chi connectivity index (χ3v) is 4.31. The molecule has 0 aliphatic heterocycles. The smallest absolute Gasteiger partial charge is 0.248 e. The maximum Gasteiger partial charge on any atom is 0.248 e. The van der Waals surface area contributed by atoms with Crippen LogP contribution >= 0.6 is 0 Å². The van der Waals surface area contributed by atoms with Crippen LogP contribution in [0.4, 0.5) is 0 Å². The zero-order valence-electron chi connectivity index (χ0n) is 10.6. The SMILES string of the molecule is O=S(Cc1ccccc1)c1ccccc1-c1nnco1. The van der Waals surface area contributed by atoms with Crippen molar-refractivity contribution in [3.63, 3.8) is 0 Å². The standard InChI is InChI=1S/C15H12N2O2S/c18-20(10-12-6-2-1-3-7-12)14-9-5-4-8-13(14)15-17-16-11-19-15/h1-9,11H,10H2. The van der Waals surface area contributed by atoms with Gasteiger partial charge in [-0.15, -0.1) is 10.2 Å². The van der Waals surface area contributed by atoms with Gasteiger partial charge in [-0.3, -0.25) is 4.21 Å². The molecule has 1 heterocycles. The Morgan fingerprint density at radius 1 is 1.00 bits per heavy atom. The summed E-state index contributed by atoms with van der Waals surface area (Å²) >= 11 is 0. The van der Waals surface area contributed by atoms with Gasteiger partial charge in [0.05, 0.1) is 27.0 Å². The lowest BCUT2D eigenvalue weighted by atomic mass is 10.2. The number of benzene rings is 2. The summed E-state index contributed by atoms with van der Waals surface area (Å²) in [6.45, 7) is 0. The van der Waals surface area contributed by atoms with Gasteiger partial charge in [0.1, 0.15) is 0 Å². The summed E-state index contributed by atoms with van der Waals surface area (Å²) in [5.74, 6) is 0.855. The zero-order chi connectivity index (χ0) is 13.8. The first-order chi connectivity index (χ1) is 9.84. The van der Waals surface area contributed by atoms with E-state index in [0.717, 1.165) is 11.1 Å². The van der Waals surface area contributed by atoms with Crippen molar-refractivity contribution < 1.29 is 8.63 Å². The van der Waals surface area contributed by atoms with E-state index >= 15 is 0 Å². The van der Waals surface area contributed by atoms with E-state index in [1.54, 1.807) is 0 Å². The predicted molar refractivity (Wildman–Crippen MR) is 76.3 cm³/mol. The Balaban J connectivity index is 1.93. The molecule has 3 aromatic rings. The van der Waals surface area contributed by atoms with Gasteiger partial charge < -0.3 is 4.42 Å². The highest BCUT2D eigenvalue weighted by Crippen LogP contribution is 2.25. The van der Waals surface area contributed by atoms with Crippen LogP contribution in [0, 0.1) is 0 Å². The molecule has 4 nitrogen and oxygen atoms in total. The second-order valence-corrected chi connectivity index (χ2v) is 5.64. The van der Waals surface area contributed by atoms with Gasteiger partial charge in [-0.05, 0) is 17.7 Å². The molecule has 0 aliphatic carbocycles. The highest BCUT2D eigenvalue weighted by molar-refractivity contribution is 7.84. The Morgan fingerprint density at radius 3 is 2.50 bits per heavy atom. The molecule has 0 N–H and O–H groups in total. The summed E-state index contributed by atoms with van der Waals surface area (Å²) in [7, 11) is -1.16. The molecule has 5 heteroatoms. The molecule has 1 unspecified atom stereocenters. The summed E-state index contributed by atoms with van der Waals surface area (Å²) < 4.78 is 17.8. The fourth-order valence-electron chi connectivity index (χ4n) is 1.94. The van der Waals surface area contributed by atoms with Crippen LogP contribution in [-0.2, 0) is 16.6 Å². The molecular formula is C15H12N2O2S. The van der Waals surface area contributed by atoms with Crippen LogP contribution in [0.1, 0.15) is 5.56 Å². The number of hydrogen-bond acceptors (Lipinski definition) is 4. The molecule has 0 saturated carbocycles. The second kappa shape index (κ2) is 5.79. The Morgan fingerprint density at radius 2 is 1.75 bits per heavy atom. The minimum Gasteiger partial charge on any atom is -0.423 e. The summed E-state index contributed by atoms with van der Waals surface area (Å²) in [6.07, 6.45) is 1.27. The lowest BCUT2D eigenvalue weighted by Crippen LogP contribution is -1.99. The second-order valence-electron chi connectivity index (χ2n) is 4.22. The van der Waals surface area contributed by atoms with Crippen molar-refractivity contribution in [2.45, 2.75) is 10.6 Å². The molecular weight excluding hydrogens is 272 g/mol. The lowest BCUT2D eigenvalue weighted by molar-refractivity contribution is 0.567. The number of rotatable bonds is 4. The van der Waals surface area contributed by atoms with E-state index in [9.17, 15) is 4.21 Å². The topological polar surface area (TPSA) is 56.0 Å². The minimum absolute atomic E-state index is 0.391. The maximum atomic E-state index is 12.6. The Labute approximate surface area is 118 Å². The van der Waals surface area contributed by atoms with E-state index in [1.807, 2.05) is 54.6 Å². The quantitative estimate of drug-likeness (QED) is 0.739. The van der Waals surface area contributed by atoms with Gasteiger partial charge in [-0.1, -0.05) is 42.5 Å². The van der Waals surface area contributed by atoms with Gasteiger partial charge in [0.25, 0.3) is 0 Å². The van der Waals surface area contributed by atoms with Gasteiger partial charge in [-0.25, -0.2) is 0 Å². The van der Waals surface area contributed by atoms with E-state index in [0.29, 0.717) is 16.5 Å². The van der Waals surface area contributed by atoms with Gasteiger partial charge in [0.2, 0.25) is 12.3 Å². The number of hydrogen-bond donors (Lipinski definition) is 0. The lowest BCUT2D eigenvalue weighted by Gasteiger charge is -2.06. The summed E-state index contributed by atoms with van der Waals surface area (Å²) in [5.41, 5.74) is 1.76. The molecule has 0 bridgehead atoms. The highest BCUT2D eigenvalue weighted by atomic mass is 32.2. The van der Waals surface area contributed by atoms with Crippen LogP contribution in [0.3, 0.4) is 0 Å². The molecule has 100 valence electrons. The fourth-order valence-corrected chi connectivity index (χ4v) is 3.22. The van der Waals surface area contributed by atoms with Crippen LogP contribution in [0.2, 0.25) is 0 Å². The molecule has 1 aromatic heterocycles. The maximum absolute atomic E-state index is 12.6. The van der Waals surface area contributed by atoms with E-state index in [1.165, 1.54) is 6.39 Å². The predicted octanol–water partition coefficient (Wildman–Crippen LogP) is 3.04. The first kappa shape index (κ1) is 12.7. The van der Waals surface area contributed by atoms with Crippen molar-refractivity contribution >= 4 is 10.8 Å². The molecule has 0 saturated heterocycles. The monoisotopic (exact) mass is 284 g/mol. The van der Waals surface area contributed by atoms with Crippen LogP contribution in [0.25, 0.3) is 11.5 Å². The van der Waals surface area contributed by atoms with E-state index < -0.39 is 10.8 Å². The van der Waals surface area contributed by atoms with Crippen molar-refractivity contribution in [3.05, 3.63) is 66.6 Å². The summed E-state index contributed by atoms with van der Waals surface area (Å²) in [6, 6.07) is 17.2. The molecule has 1 atom stereocenters. The molecule has 0 fully saturated rings. The molecule has 0 spiro atoms. The van der Waals surface area contributed by atoms with Crippen LogP contribution in [-0.4, -0.2) is 14.4 Å². The number of nitrogens with zero attached hydrogens (tertiary/aromatic N) is 2. The first-order valence-corrected chi connectivity index (χ1v) is 7.44. The average Bonchev–Trinajstić information content (AvgIpc) is 3.02. The molecule has 2 aromatic carbocycles. The highest BCUT2D eigenvalue weighted by Gasteiger charge is 2.14. The third-order valence-electron chi connectivity index (χ3n) is 2.86. The van der Waals surface area contributed by atoms with Crippen molar-refractivity contribution in [2.24, 2.45) is 0 Å².